The van der Waals surface area contributed by atoms with Gasteiger partial charge in [-0.1, -0.05) is 284 Å². The summed E-state index contributed by atoms with van der Waals surface area (Å²) < 4.78 is 43.4. The molecule has 460 valence electrons. The molecule has 0 aromatic rings. The van der Waals surface area contributed by atoms with Crippen LogP contribution in [-0.4, -0.2) is 64.8 Å². The molecule has 0 bridgehead atoms. The zero-order chi connectivity index (χ0) is 55.7. The minimum atomic E-state index is -0.382. The zero-order valence-electron chi connectivity index (χ0n) is 53.1. The molecule has 0 saturated carbocycles. The number of rotatable bonds is 68. The molecule has 0 aliphatic rings. The van der Waals surface area contributed by atoms with Crippen molar-refractivity contribution in [1.29, 1.82) is 0 Å². The summed E-state index contributed by atoms with van der Waals surface area (Å²) in [5.74, 6) is 0. The standard InChI is InChI=1S/C70H138O7/c1-7-13-17-21-39-47-55-63-73-67(74-64-56-48-40-22-18-14-8-2)59-51-43-35-31-27-25-29-33-37-45-53-61-69(71-11-5)77-70(72-12-6)62-54-46-38-34-30-26-28-32-36-44-52-60-68(75-65-57-49-41-23-19-15-9-3)76-66-58-50-42-24-20-16-10-4/h53-54,61-62,67-70H,7-52,55-60,63-66H2,1-6H3. The monoisotopic (exact) mass is 1090 g/mol. The van der Waals surface area contributed by atoms with E-state index in [2.05, 4.69) is 52.0 Å². The molecule has 0 aliphatic heterocycles. The quantitative estimate of drug-likeness (QED) is 0.0342. The normalized spacial score (nSPS) is 13.0. The lowest BCUT2D eigenvalue weighted by Gasteiger charge is -2.20. The fraction of sp³-hybridized carbons (Fsp3) is 0.943. The molecule has 0 rings (SSSR count). The van der Waals surface area contributed by atoms with E-state index in [1.807, 2.05) is 13.8 Å². The van der Waals surface area contributed by atoms with Gasteiger partial charge in [0.15, 0.2) is 25.2 Å². The summed E-state index contributed by atoms with van der Waals surface area (Å²) in [6.45, 7) is 17.9. The first-order valence-electron chi connectivity index (χ1n) is 34.8. The Balaban J connectivity index is 4.24. The number of allylic oxidation sites excluding steroid dienone is 2. The van der Waals surface area contributed by atoms with Crippen LogP contribution in [0.15, 0.2) is 24.3 Å². The van der Waals surface area contributed by atoms with Gasteiger partial charge >= 0.3 is 0 Å². The lowest BCUT2D eigenvalue weighted by molar-refractivity contribution is -0.204. The van der Waals surface area contributed by atoms with Crippen LogP contribution in [0.3, 0.4) is 0 Å². The first-order chi connectivity index (χ1) is 38.1. The Labute approximate surface area is 482 Å². The summed E-state index contributed by atoms with van der Waals surface area (Å²) >= 11 is 0. The highest BCUT2D eigenvalue weighted by Gasteiger charge is 2.14. The van der Waals surface area contributed by atoms with Gasteiger partial charge in [-0.2, -0.15) is 0 Å². The van der Waals surface area contributed by atoms with E-state index in [4.69, 9.17) is 33.2 Å². The third kappa shape index (κ3) is 61.1. The number of hydrogen-bond donors (Lipinski definition) is 0. The second-order valence-corrected chi connectivity index (χ2v) is 23.0. The van der Waals surface area contributed by atoms with Gasteiger partial charge in [-0.15, -0.1) is 0 Å². The maximum atomic E-state index is 6.30. The first kappa shape index (κ1) is 76.2. The highest BCUT2D eigenvalue weighted by atomic mass is 16.8. The lowest BCUT2D eigenvalue weighted by Crippen LogP contribution is -2.24. The molecule has 0 aromatic carbocycles. The highest BCUT2D eigenvalue weighted by Crippen LogP contribution is 2.19. The van der Waals surface area contributed by atoms with Gasteiger partial charge in [0.25, 0.3) is 0 Å². The molecule has 0 amide bonds. The summed E-state index contributed by atoms with van der Waals surface area (Å²) in [5.41, 5.74) is 0. The van der Waals surface area contributed by atoms with Crippen LogP contribution in [-0.2, 0) is 33.2 Å². The Morgan fingerprint density at radius 1 is 0.234 bits per heavy atom. The molecule has 0 aromatic heterocycles. The van der Waals surface area contributed by atoms with E-state index in [0.29, 0.717) is 13.2 Å². The molecule has 0 heterocycles. The summed E-state index contributed by atoms with van der Waals surface area (Å²) in [7, 11) is 0. The zero-order valence-corrected chi connectivity index (χ0v) is 53.1. The molecule has 77 heavy (non-hydrogen) atoms. The second kappa shape index (κ2) is 67.7. The van der Waals surface area contributed by atoms with Crippen LogP contribution < -0.4 is 0 Å². The van der Waals surface area contributed by atoms with Crippen LogP contribution in [0, 0.1) is 0 Å². The predicted molar refractivity (Wildman–Crippen MR) is 335 cm³/mol. The molecule has 7 heteroatoms. The topological polar surface area (TPSA) is 64.6 Å². The number of hydrogen-bond acceptors (Lipinski definition) is 7. The minimum absolute atomic E-state index is 0.00486. The van der Waals surface area contributed by atoms with Crippen molar-refractivity contribution in [3.8, 4) is 0 Å². The van der Waals surface area contributed by atoms with Crippen LogP contribution in [0.25, 0.3) is 0 Å². The van der Waals surface area contributed by atoms with Crippen molar-refractivity contribution in [3.63, 3.8) is 0 Å². The van der Waals surface area contributed by atoms with E-state index in [1.54, 1.807) is 0 Å². The van der Waals surface area contributed by atoms with Gasteiger partial charge in [0.2, 0.25) is 0 Å². The van der Waals surface area contributed by atoms with Crippen LogP contribution in [0.2, 0.25) is 0 Å². The van der Waals surface area contributed by atoms with E-state index in [-0.39, 0.29) is 25.2 Å². The largest absolute Gasteiger partial charge is 0.353 e. The fourth-order valence-corrected chi connectivity index (χ4v) is 10.3. The Morgan fingerprint density at radius 3 is 0.701 bits per heavy atom. The Morgan fingerprint density at radius 2 is 0.455 bits per heavy atom. The molecule has 2 atom stereocenters. The van der Waals surface area contributed by atoms with Crippen LogP contribution in [0.5, 0.6) is 0 Å². The van der Waals surface area contributed by atoms with Crippen molar-refractivity contribution in [3.05, 3.63) is 24.3 Å². The first-order valence-corrected chi connectivity index (χ1v) is 34.8. The molecule has 0 N–H and O–H groups in total. The molecule has 0 aliphatic carbocycles. The second-order valence-electron chi connectivity index (χ2n) is 23.0. The third-order valence-corrected chi connectivity index (χ3v) is 15.3. The Hall–Kier alpha value is -0.800. The van der Waals surface area contributed by atoms with E-state index in [0.717, 1.165) is 52.1 Å². The van der Waals surface area contributed by atoms with Gasteiger partial charge in [0.1, 0.15) is 0 Å². The molecule has 7 nitrogen and oxygen atoms in total. The number of ether oxygens (including phenoxy) is 7. The van der Waals surface area contributed by atoms with Crippen molar-refractivity contribution < 1.29 is 33.2 Å². The molecule has 2 unspecified atom stereocenters. The Bertz CT molecular complexity index is 991. The van der Waals surface area contributed by atoms with Crippen molar-refractivity contribution >= 4 is 0 Å². The van der Waals surface area contributed by atoms with Gasteiger partial charge in [-0.05, 0) is 103 Å². The lowest BCUT2D eigenvalue weighted by atomic mass is 10.1. The maximum absolute atomic E-state index is 6.30. The van der Waals surface area contributed by atoms with Crippen LogP contribution in [0.4, 0.5) is 0 Å². The maximum Gasteiger partial charge on any atom is 0.180 e. The molecular weight excluding hydrogens is 953 g/mol. The van der Waals surface area contributed by atoms with E-state index < -0.39 is 0 Å². The van der Waals surface area contributed by atoms with Crippen molar-refractivity contribution in [2.45, 2.75) is 388 Å². The molecular formula is C70H138O7. The summed E-state index contributed by atoms with van der Waals surface area (Å²) in [6.07, 6.45) is 72.6. The van der Waals surface area contributed by atoms with Gasteiger partial charge in [0, 0.05) is 39.6 Å². The summed E-state index contributed by atoms with van der Waals surface area (Å²) in [4.78, 5) is 0. The SMILES string of the molecule is CCCCCCCCCOC(CCCCCCCCCCCC=CC(OCC)OC(C=CCCCCCCCCCCCC(OCCCCCCCCC)OCCCCCCCCC)OCC)OCCCCCCCCC. The third-order valence-electron chi connectivity index (χ3n) is 15.3. The smallest absolute Gasteiger partial charge is 0.180 e. The van der Waals surface area contributed by atoms with Crippen molar-refractivity contribution in [2.75, 3.05) is 39.6 Å². The van der Waals surface area contributed by atoms with Gasteiger partial charge < -0.3 is 33.2 Å². The molecule has 0 spiro atoms. The summed E-state index contributed by atoms with van der Waals surface area (Å²) in [6, 6.07) is 0. The van der Waals surface area contributed by atoms with Crippen LogP contribution >= 0.6 is 0 Å². The Kier molecular flexibility index (Phi) is 67.0. The fourth-order valence-electron chi connectivity index (χ4n) is 10.3. The number of unbranched alkanes of at least 4 members (excludes halogenated alkanes) is 42. The summed E-state index contributed by atoms with van der Waals surface area (Å²) in [5, 5.41) is 0. The van der Waals surface area contributed by atoms with Gasteiger partial charge in [0.05, 0.1) is 0 Å². The van der Waals surface area contributed by atoms with Crippen molar-refractivity contribution in [1.82, 2.24) is 0 Å². The van der Waals surface area contributed by atoms with Gasteiger partial charge in [-0.25, -0.2) is 0 Å². The van der Waals surface area contributed by atoms with Crippen LogP contribution in [0.1, 0.15) is 363 Å². The molecule has 0 saturated heterocycles. The predicted octanol–water partition coefficient (Wildman–Crippen LogP) is 23.1. The van der Waals surface area contributed by atoms with E-state index in [1.165, 1.54) is 295 Å². The average Bonchev–Trinajstić information content (AvgIpc) is 3.43. The van der Waals surface area contributed by atoms with Gasteiger partial charge in [-0.3, -0.25) is 0 Å². The van der Waals surface area contributed by atoms with E-state index >= 15 is 0 Å². The average molecular weight is 1090 g/mol. The minimum Gasteiger partial charge on any atom is -0.353 e. The van der Waals surface area contributed by atoms with E-state index in [9.17, 15) is 0 Å². The highest BCUT2D eigenvalue weighted by molar-refractivity contribution is 4.89. The molecule has 0 radical (unpaired) electrons. The van der Waals surface area contributed by atoms with Crippen molar-refractivity contribution in [2.24, 2.45) is 0 Å². The molecule has 0 fully saturated rings.